The lowest BCUT2D eigenvalue weighted by Gasteiger charge is -2.24. The second-order valence-corrected chi connectivity index (χ2v) is 7.42. The van der Waals surface area contributed by atoms with Gasteiger partial charge in [0.1, 0.15) is 0 Å². The lowest BCUT2D eigenvalue weighted by atomic mass is 10.3. The van der Waals surface area contributed by atoms with Crippen LogP contribution in [-0.4, -0.2) is 77.0 Å². The second kappa shape index (κ2) is 7.91. The number of amides is 1. The van der Waals surface area contributed by atoms with Crippen LogP contribution in [0.2, 0.25) is 0 Å². The van der Waals surface area contributed by atoms with Gasteiger partial charge in [-0.05, 0) is 39.2 Å². The van der Waals surface area contributed by atoms with Crippen LogP contribution in [0.5, 0.6) is 0 Å². The lowest BCUT2D eigenvalue weighted by molar-refractivity contribution is 0.0722. The van der Waals surface area contributed by atoms with Gasteiger partial charge in [-0.1, -0.05) is 0 Å². The van der Waals surface area contributed by atoms with E-state index in [1.165, 1.54) is 16.4 Å². The topological polar surface area (TPSA) is 92.1 Å². The Hall–Kier alpha value is -1.42. The van der Waals surface area contributed by atoms with Crippen LogP contribution in [0.4, 0.5) is 0 Å². The maximum atomic E-state index is 12.4. The molecular weight excluding hydrogens is 322 g/mol. The van der Waals surface area contributed by atoms with Crippen LogP contribution in [0, 0.1) is 0 Å². The van der Waals surface area contributed by atoms with E-state index in [4.69, 9.17) is 9.15 Å². The van der Waals surface area contributed by atoms with Crippen LogP contribution < -0.4 is 5.32 Å². The number of nitrogens with one attached hydrogen (secondary N) is 1. The van der Waals surface area contributed by atoms with Gasteiger partial charge in [0.15, 0.2) is 5.76 Å². The number of carbonyl (C=O) groups excluding carboxylic acids is 1. The van der Waals surface area contributed by atoms with Gasteiger partial charge < -0.3 is 19.4 Å². The Labute approximate surface area is 136 Å². The first-order valence-corrected chi connectivity index (χ1v) is 8.96. The molecule has 0 radical (unpaired) electrons. The number of sulfonamides is 1. The van der Waals surface area contributed by atoms with Crippen LogP contribution in [0.15, 0.2) is 21.6 Å². The molecule has 8 nitrogen and oxygen atoms in total. The van der Waals surface area contributed by atoms with E-state index in [0.29, 0.717) is 19.8 Å². The van der Waals surface area contributed by atoms with E-state index in [1.54, 1.807) is 0 Å². The molecule has 1 aromatic heterocycles. The molecule has 2 heterocycles. The first-order valence-electron chi connectivity index (χ1n) is 7.52. The standard InChI is InChI=1S/C14H23N3O5S/c1-16(2)7-3-6-15-14(18)12-4-5-13(22-12)23(19,20)17-8-10-21-11-9-17/h4-5H,3,6-11H2,1-2H3,(H,15,18). The van der Waals surface area contributed by atoms with E-state index in [0.717, 1.165) is 13.0 Å². The number of furan rings is 1. The molecule has 1 amide bonds. The Balaban J connectivity index is 1.95. The van der Waals surface area contributed by atoms with Crippen LogP contribution in [-0.2, 0) is 14.8 Å². The van der Waals surface area contributed by atoms with Crippen molar-refractivity contribution in [2.24, 2.45) is 0 Å². The van der Waals surface area contributed by atoms with Crippen molar-refractivity contribution in [3.05, 3.63) is 17.9 Å². The van der Waals surface area contributed by atoms with Gasteiger partial charge >= 0.3 is 0 Å². The number of morpholine rings is 1. The van der Waals surface area contributed by atoms with E-state index >= 15 is 0 Å². The smallest absolute Gasteiger partial charge is 0.287 e. The van der Waals surface area contributed by atoms with Gasteiger partial charge in [0.25, 0.3) is 15.9 Å². The summed E-state index contributed by atoms with van der Waals surface area (Å²) in [4.78, 5) is 14.0. The third-order valence-electron chi connectivity index (χ3n) is 3.44. The summed E-state index contributed by atoms with van der Waals surface area (Å²) < 4.78 is 36.5. The van der Waals surface area contributed by atoms with Crippen molar-refractivity contribution in [2.45, 2.75) is 11.5 Å². The van der Waals surface area contributed by atoms with Crippen LogP contribution in [0.25, 0.3) is 0 Å². The molecule has 0 spiro atoms. The van der Waals surface area contributed by atoms with Crippen molar-refractivity contribution in [1.29, 1.82) is 0 Å². The van der Waals surface area contributed by atoms with Crippen LogP contribution in [0.3, 0.4) is 0 Å². The molecule has 130 valence electrons. The SMILES string of the molecule is CN(C)CCCNC(=O)c1ccc(S(=O)(=O)N2CCOCC2)o1. The van der Waals surface area contributed by atoms with Crippen molar-refractivity contribution in [3.8, 4) is 0 Å². The van der Waals surface area contributed by atoms with E-state index < -0.39 is 15.9 Å². The Morgan fingerprint density at radius 1 is 1.30 bits per heavy atom. The number of hydrogen-bond acceptors (Lipinski definition) is 6. The Kier molecular flexibility index (Phi) is 6.17. The molecule has 0 aliphatic carbocycles. The number of carbonyl (C=O) groups is 1. The van der Waals surface area contributed by atoms with Gasteiger partial charge in [0.05, 0.1) is 13.2 Å². The average Bonchev–Trinajstić information content (AvgIpc) is 3.03. The number of ether oxygens (including phenoxy) is 1. The molecule has 1 fully saturated rings. The minimum absolute atomic E-state index is 0.00156. The van der Waals surface area contributed by atoms with E-state index in [9.17, 15) is 13.2 Å². The number of hydrogen-bond donors (Lipinski definition) is 1. The second-order valence-electron chi connectivity index (χ2n) is 5.55. The zero-order valence-electron chi connectivity index (χ0n) is 13.4. The molecule has 0 atom stereocenters. The number of rotatable bonds is 7. The highest BCUT2D eigenvalue weighted by molar-refractivity contribution is 7.89. The predicted molar refractivity (Wildman–Crippen MR) is 83.8 cm³/mol. The van der Waals surface area contributed by atoms with Gasteiger partial charge in [0.2, 0.25) is 5.09 Å². The van der Waals surface area contributed by atoms with E-state index in [-0.39, 0.29) is 23.9 Å². The van der Waals surface area contributed by atoms with Crippen molar-refractivity contribution in [3.63, 3.8) is 0 Å². The van der Waals surface area contributed by atoms with Crippen molar-refractivity contribution >= 4 is 15.9 Å². The summed E-state index contributed by atoms with van der Waals surface area (Å²) in [7, 11) is 0.200. The Morgan fingerprint density at radius 3 is 2.65 bits per heavy atom. The maximum Gasteiger partial charge on any atom is 0.287 e. The molecule has 9 heteroatoms. The fourth-order valence-corrected chi connectivity index (χ4v) is 3.50. The molecule has 2 rings (SSSR count). The molecule has 0 aromatic carbocycles. The molecule has 0 bridgehead atoms. The highest BCUT2D eigenvalue weighted by atomic mass is 32.2. The van der Waals surface area contributed by atoms with Gasteiger partial charge in [0, 0.05) is 19.6 Å². The maximum absolute atomic E-state index is 12.4. The van der Waals surface area contributed by atoms with Gasteiger partial charge in [-0.2, -0.15) is 4.31 Å². The quantitative estimate of drug-likeness (QED) is 0.699. The first kappa shape index (κ1) is 17.9. The van der Waals surface area contributed by atoms with Gasteiger partial charge in [-0.15, -0.1) is 0 Å². The summed E-state index contributed by atoms with van der Waals surface area (Å²) >= 11 is 0. The Morgan fingerprint density at radius 2 is 2.00 bits per heavy atom. The summed E-state index contributed by atoms with van der Waals surface area (Å²) in [6.07, 6.45) is 0.804. The summed E-state index contributed by atoms with van der Waals surface area (Å²) in [5.41, 5.74) is 0. The summed E-state index contributed by atoms with van der Waals surface area (Å²) in [5, 5.41) is 2.50. The highest BCUT2D eigenvalue weighted by Crippen LogP contribution is 2.19. The van der Waals surface area contributed by atoms with Gasteiger partial charge in [-0.25, -0.2) is 8.42 Å². The number of nitrogens with zero attached hydrogens (tertiary/aromatic N) is 2. The molecule has 0 saturated carbocycles. The summed E-state index contributed by atoms with van der Waals surface area (Å²) in [6, 6.07) is 2.70. The zero-order valence-corrected chi connectivity index (χ0v) is 14.3. The molecular formula is C14H23N3O5S. The zero-order chi connectivity index (χ0) is 16.9. The minimum atomic E-state index is -3.71. The molecule has 1 aromatic rings. The molecule has 1 aliphatic heterocycles. The monoisotopic (exact) mass is 345 g/mol. The van der Waals surface area contributed by atoms with Crippen molar-refractivity contribution in [1.82, 2.24) is 14.5 Å². The average molecular weight is 345 g/mol. The largest absolute Gasteiger partial charge is 0.438 e. The minimum Gasteiger partial charge on any atom is -0.438 e. The van der Waals surface area contributed by atoms with Crippen molar-refractivity contribution in [2.75, 3.05) is 53.5 Å². The molecule has 23 heavy (non-hydrogen) atoms. The third kappa shape index (κ3) is 4.77. The molecule has 1 aliphatic rings. The van der Waals surface area contributed by atoms with Crippen LogP contribution in [0.1, 0.15) is 17.0 Å². The fourth-order valence-electron chi connectivity index (χ4n) is 2.18. The Bertz CT molecular complexity index is 620. The first-order chi connectivity index (χ1) is 10.9. The molecule has 0 unspecified atom stereocenters. The summed E-state index contributed by atoms with van der Waals surface area (Å²) in [5.74, 6) is -0.408. The molecule has 1 N–H and O–H groups in total. The normalized spacial score (nSPS) is 16.7. The molecule has 1 saturated heterocycles. The van der Waals surface area contributed by atoms with Crippen LogP contribution >= 0.6 is 0 Å². The fraction of sp³-hybridized carbons (Fsp3) is 0.643. The lowest BCUT2D eigenvalue weighted by Crippen LogP contribution is -2.40. The van der Waals surface area contributed by atoms with E-state index in [2.05, 4.69) is 5.32 Å². The third-order valence-corrected chi connectivity index (χ3v) is 5.21. The highest BCUT2D eigenvalue weighted by Gasteiger charge is 2.29. The summed E-state index contributed by atoms with van der Waals surface area (Å²) in [6.45, 7) is 2.65. The van der Waals surface area contributed by atoms with Gasteiger partial charge in [-0.3, -0.25) is 4.79 Å². The van der Waals surface area contributed by atoms with Crippen molar-refractivity contribution < 1.29 is 22.4 Å². The predicted octanol–water partition coefficient (Wildman–Crippen LogP) is -0.0180. The van der Waals surface area contributed by atoms with E-state index in [1.807, 2.05) is 19.0 Å².